The number of nitrogens with one attached hydrogen (secondary N) is 1. The van der Waals surface area contributed by atoms with Gasteiger partial charge >= 0.3 is 5.97 Å². The highest BCUT2D eigenvalue weighted by molar-refractivity contribution is 5.86. The van der Waals surface area contributed by atoms with Crippen molar-refractivity contribution in [2.75, 3.05) is 11.9 Å². The highest BCUT2D eigenvalue weighted by atomic mass is 16.5. The summed E-state index contributed by atoms with van der Waals surface area (Å²) in [6.07, 6.45) is 0.918. The average Bonchev–Trinajstić information content (AvgIpc) is 2.52. The van der Waals surface area contributed by atoms with Crippen LogP contribution in [0.25, 0.3) is 0 Å². The largest absolute Gasteiger partial charge is 0.485 e. The highest BCUT2D eigenvalue weighted by Gasteiger charge is 2.11. The number of hydrogen-bond acceptors (Lipinski definition) is 5. The normalized spacial score (nSPS) is 10.3. The Hall–Kier alpha value is -2.63. The molecule has 0 spiro atoms. The van der Waals surface area contributed by atoms with Gasteiger partial charge in [-0.2, -0.15) is 0 Å². The molecule has 0 aliphatic rings. The maximum atomic E-state index is 11.1. The molecular weight excluding hydrogens is 282 g/mol. The number of anilines is 1. The molecule has 0 saturated carbocycles. The van der Waals surface area contributed by atoms with E-state index < -0.39 is 5.97 Å². The number of nitrogens with zero attached hydrogens (tertiary/aromatic N) is 2. The molecule has 22 heavy (non-hydrogen) atoms. The van der Waals surface area contributed by atoms with E-state index in [-0.39, 0.29) is 12.3 Å². The molecular formula is C16H19N3O3. The summed E-state index contributed by atoms with van der Waals surface area (Å²) >= 11 is 0. The lowest BCUT2D eigenvalue weighted by molar-refractivity contribution is 0.0689. The Kier molecular flexibility index (Phi) is 5.30. The van der Waals surface area contributed by atoms with Gasteiger partial charge in [-0.25, -0.2) is 14.8 Å². The summed E-state index contributed by atoms with van der Waals surface area (Å²) in [6.45, 7) is 4.80. The minimum Gasteiger partial charge on any atom is -0.485 e. The van der Waals surface area contributed by atoms with Gasteiger partial charge in [0.2, 0.25) is 0 Å². The monoisotopic (exact) mass is 301 g/mol. The Morgan fingerprint density at radius 1 is 1.32 bits per heavy atom. The van der Waals surface area contributed by atoms with Crippen molar-refractivity contribution in [1.29, 1.82) is 0 Å². The summed E-state index contributed by atoms with van der Waals surface area (Å²) in [6, 6.07) is 9.03. The molecule has 0 saturated heterocycles. The second kappa shape index (κ2) is 7.40. The molecule has 2 N–H and O–H groups in total. The number of rotatable bonds is 7. The molecule has 6 nitrogen and oxygen atoms in total. The predicted molar refractivity (Wildman–Crippen MR) is 83.3 cm³/mol. The fraction of sp³-hybridized carbons (Fsp3) is 0.312. The Morgan fingerprint density at radius 2 is 2.09 bits per heavy atom. The van der Waals surface area contributed by atoms with Gasteiger partial charge in [-0.15, -0.1) is 0 Å². The van der Waals surface area contributed by atoms with Gasteiger partial charge in [0.25, 0.3) is 0 Å². The molecule has 0 radical (unpaired) electrons. The molecule has 0 unspecified atom stereocenters. The molecule has 2 aromatic rings. The van der Waals surface area contributed by atoms with Crippen LogP contribution in [-0.4, -0.2) is 27.6 Å². The molecule has 0 aliphatic carbocycles. The maximum absolute atomic E-state index is 11.1. The Balaban J connectivity index is 2.16. The summed E-state index contributed by atoms with van der Waals surface area (Å²) in [5, 5.41) is 12.2. The summed E-state index contributed by atoms with van der Waals surface area (Å²) in [5.74, 6) is 0.480. The Morgan fingerprint density at radius 3 is 2.77 bits per heavy atom. The fourth-order valence-corrected chi connectivity index (χ4v) is 1.88. The van der Waals surface area contributed by atoms with E-state index in [1.54, 1.807) is 0 Å². The molecule has 1 aromatic heterocycles. The second-order valence-corrected chi connectivity index (χ2v) is 4.84. The Labute approximate surface area is 129 Å². The summed E-state index contributed by atoms with van der Waals surface area (Å²) in [4.78, 5) is 19.4. The molecule has 1 aromatic carbocycles. The van der Waals surface area contributed by atoms with E-state index >= 15 is 0 Å². The number of aryl methyl sites for hydroxylation is 1. The van der Waals surface area contributed by atoms with Crippen molar-refractivity contribution < 1.29 is 14.6 Å². The van der Waals surface area contributed by atoms with Crippen LogP contribution < -0.4 is 10.1 Å². The van der Waals surface area contributed by atoms with Crippen molar-refractivity contribution in [3.63, 3.8) is 0 Å². The van der Waals surface area contributed by atoms with E-state index in [0.717, 1.165) is 17.7 Å². The van der Waals surface area contributed by atoms with Gasteiger partial charge in [0.05, 0.1) is 0 Å². The van der Waals surface area contributed by atoms with Crippen molar-refractivity contribution in [3.8, 4) is 5.75 Å². The number of hydrogen-bond donors (Lipinski definition) is 2. The van der Waals surface area contributed by atoms with E-state index in [2.05, 4.69) is 15.3 Å². The van der Waals surface area contributed by atoms with Crippen molar-refractivity contribution in [2.45, 2.75) is 26.9 Å². The van der Waals surface area contributed by atoms with Gasteiger partial charge in [0.1, 0.15) is 18.2 Å². The quantitative estimate of drug-likeness (QED) is 0.818. The minimum atomic E-state index is -1.08. The van der Waals surface area contributed by atoms with E-state index in [9.17, 15) is 4.79 Å². The third-order valence-electron chi connectivity index (χ3n) is 3.00. The predicted octanol–water partition coefficient (Wildman–Crippen LogP) is 2.88. The first kappa shape index (κ1) is 15.8. The van der Waals surface area contributed by atoms with Crippen LogP contribution in [0.2, 0.25) is 0 Å². The molecule has 2 rings (SSSR count). The molecule has 0 bridgehead atoms. The third kappa shape index (κ3) is 4.18. The lowest BCUT2D eigenvalue weighted by atomic mass is 10.2. The van der Waals surface area contributed by atoms with Gasteiger partial charge < -0.3 is 15.2 Å². The standard InChI is InChI=1S/C16H19N3O3/c1-3-8-17-14-9-12(16(20)21)18-15(19-14)10-22-13-7-5-4-6-11(13)2/h4-7,9H,3,8,10H2,1-2H3,(H,20,21)(H,17,18,19). The van der Waals surface area contributed by atoms with Crippen molar-refractivity contribution >= 4 is 11.8 Å². The van der Waals surface area contributed by atoms with Crippen LogP contribution in [0.1, 0.15) is 35.2 Å². The number of ether oxygens (including phenoxy) is 1. The number of para-hydroxylation sites is 1. The Bertz CT molecular complexity index is 659. The van der Waals surface area contributed by atoms with Crippen LogP contribution in [0.15, 0.2) is 30.3 Å². The maximum Gasteiger partial charge on any atom is 0.354 e. The minimum absolute atomic E-state index is 0.0445. The first-order chi connectivity index (χ1) is 10.6. The number of carboxylic acid groups (broad SMARTS) is 1. The highest BCUT2D eigenvalue weighted by Crippen LogP contribution is 2.17. The summed E-state index contributed by atoms with van der Waals surface area (Å²) in [7, 11) is 0. The molecule has 1 heterocycles. The zero-order valence-electron chi connectivity index (χ0n) is 12.7. The zero-order valence-corrected chi connectivity index (χ0v) is 12.7. The van der Waals surface area contributed by atoms with Gasteiger partial charge in [-0.1, -0.05) is 25.1 Å². The van der Waals surface area contributed by atoms with Crippen molar-refractivity contribution in [2.24, 2.45) is 0 Å². The number of carbonyl (C=O) groups is 1. The van der Waals surface area contributed by atoms with Crippen LogP contribution in [-0.2, 0) is 6.61 Å². The smallest absolute Gasteiger partial charge is 0.354 e. The number of benzene rings is 1. The van der Waals surface area contributed by atoms with Crippen molar-refractivity contribution in [3.05, 3.63) is 47.4 Å². The first-order valence-electron chi connectivity index (χ1n) is 7.13. The van der Waals surface area contributed by atoms with Gasteiger partial charge in [0.15, 0.2) is 11.5 Å². The fourth-order valence-electron chi connectivity index (χ4n) is 1.88. The third-order valence-corrected chi connectivity index (χ3v) is 3.00. The van der Waals surface area contributed by atoms with Crippen LogP contribution in [0.5, 0.6) is 5.75 Å². The van der Waals surface area contributed by atoms with Crippen LogP contribution in [0.4, 0.5) is 5.82 Å². The van der Waals surface area contributed by atoms with E-state index in [1.165, 1.54) is 6.07 Å². The van der Waals surface area contributed by atoms with Crippen LogP contribution in [0.3, 0.4) is 0 Å². The molecule has 0 fully saturated rings. The first-order valence-corrected chi connectivity index (χ1v) is 7.13. The van der Waals surface area contributed by atoms with Gasteiger partial charge in [-0.3, -0.25) is 0 Å². The van der Waals surface area contributed by atoms with E-state index in [1.807, 2.05) is 38.1 Å². The van der Waals surface area contributed by atoms with Crippen molar-refractivity contribution in [1.82, 2.24) is 9.97 Å². The lowest BCUT2D eigenvalue weighted by Crippen LogP contribution is -2.12. The zero-order chi connectivity index (χ0) is 15.9. The molecule has 0 amide bonds. The number of aromatic carboxylic acids is 1. The summed E-state index contributed by atoms with van der Waals surface area (Å²) < 4.78 is 5.67. The molecule has 6 heteroatoms. The molecule has 116 valence electrons. The molecule has 0 aliphatic heterocycles. The number of carboxylic acids is 1. The lowest BCUT2D eigenvalue weighted by Gasteiger charge is -2.10. The van der Waals surface area contributed by atoms with Gasteiger partial charge in [-0.05, 0) is 25.0 Å². The van der Waals surface area contributed by atoms with Crippen LogP contribution >= 0.6 is 0 Å². The van der Waals surface area contributed by atoms with Gasteiger partial charge in [0, 0.05) is 12.6 Å². The van der Waals surface area contributed by atoms with E-state index in [4.69, 9.17) is 9.84 Å². The van der Waals surface area contributed by atoms with Crippen LogP contribution in [0, 0.1) is 6.92 Å². The second-order valence-electron chi connectivity index (χ2n) is 4.84. The number of aromatic nitrogens is 2. The SMILES string of the molecule is CCCNc1cc(C(=O)O)nc(COc2ccccc2C)n1. The topological polar surface area (TPSA) is 84.3 Å². The summed E-state index contributed by atoms with van der Waals surface area (Å²) in [5.41, 5.74) is 0.957. The average molecular weight is 301 g/mol. The van der Waals surface area contributed by atoms with E-state index in [0.29, 0.717) is 18.2 Å². The molecule has 0 atom stereocenters.